The van der Waals surface area contributed by atoms with Crippen LogP contribution in [0.2, 0.25) is 0 Å². The molecule has 1 aromatic rings. The molecule has 0 radical (unpaired) electrons. The smallest absolute Gasteiger partial charge is 0.231 e. The van der Waals surface area contributed by atoms with Gasteiger partial charge < -0.3 is 19.9 Å². The minimum absolute atomic E-state index is 0.0238. The number of amidine groups is 1. The van der Waals surface area contributed by atoms with E-state index >= 15 is 0 Å². The number of nitrogens with one attached hydrogen (secondary N) is 1. The molecule has 0 aliphatic carbocycles. The Hall–Kier alpha value is -1.75. The van der Waals surface area contributed by atoms with Crippen molar-refractivity contribution in [1.82, 2.24) is 0 Å². The molecule has 2 rings (SSSR count). The van der Waals surface area contributed by atoms with Crippen molar-refractivity contribution >= 4 is 5.84 Å². The lowest BCUT2D eigenvalue weighted by Gasteiger charge is -2.04. The van der Waals surface area contributed by atoms with E-state index in [4.69, 9.17) is 25.4 Å². The van der Waals surface area contributed by atoms with E-state index in [9.17, 15) is 0 Å². The monoisotopic (exact) mass is 208 g/mol. The van der Waals surface area contributed by atoms with E-state index in [2.05, 4.69) is 0 Å². The second-order valence-corrected chi connectivity index (χ2v) is 3.21. The molecule has 5 nitrogen and oxygen atoms in total. The van der Waals surface area contributed by atoms with E-state index in [1.807, 2.05) is 18.2 Å². The summed E-state index contributed by atoms with van der Waals surface area (Å²) in [5.41, 5.74) is 6.13. The molecule has 0 spiro atoms. The maximum atomic E-state index is 6.99. The standard InChI is InChI=1S/C10H12N2O3/c11-10(12)5-13-4-7-1-2-8-9(3-7)15-6-14-8/h1-3H,4-6H2,(H3,11,12). The summed E-state index contributed by atoms with van der Waals surface area (Å²) in [6, 6.07) is 5.60. The van der Waals surface area contributed by atoms with Crippen LogP contribution >= 0.6 is 0 Å². The van der Waals surface area contributed by atoms with Gasteiger partial charge in [0, 0.05) is 0 Å². The highest BCUT2D eigenvalue weighted by atomic mass is 16.7. The van der Waals surface area contributed by atoms with Gasteiger partial charge in [-0.25, -0.2) is 0 Å². The Kier molecular flexibility index (Phi) is 2.73. The normalized spacial score (nSPS) is 12.8. The van der Waals surface area contributed by atoms with Crippen LogP contribution in [0.15, 0.2) is 18.2 Å². The van der Waals surface area contributed by atoms with Crippen molar-refractivity contribution < 1.29 is 14.2 Å². The summed E-state index contributed by atoms with van der Waals surface area (Å²) in [7, 11) is 0. The molecule has 1 aliphatic rings. The maximum absolute atomic E-state index is 6.99. The average Bonchev–Trinajstić information content (AvgIpc) is 2.64. The fourth-order valence-corrected chi connectivity index (χ4v) is 1.31. The van der Waals surface area contributed by atoms with E-state index in [0.29, 0.717) is 6.61 Å². The third-order valence-corrected chi connectivity index (χ3v) is 1.96. The van der Waals surface area contributed by atoms with Crippen molar-refractivity contribution in [1.29, 1.82) is 5.41 Å². The Morgan fingerprint density at radius 1 is 1.40 bits per heavy atom. The third-order valence-electron chi connectivity index (χ3n) is 1.96. The minimum atomic E-state index is 0.0238. The Balaban J connectivity index is 1.95. The van der Waals surface area contributed by atoms with Gasteiger partial charge in [0.05, 0.1) is 6.61 Å². The zero-order chi connectivity index (χ0) is 10.7. The van der Waals surface area contributed by atoms with Crippen LogP contribution < -0.4 is 15.2 Å². The first-order valence-corrected chi connectivity index (χ1v) is 4.55. The second-order valence-electron chi connectivity index (χ2n) is 3.21. The Morgan fingerprint density at radius 3 is 3.00 bits per heavy atom. The summed E-state index contributed by atoms with van der Waals surface area (Å²) in [6.45, 7) is 0.831. The third kappa shape index (κ3) is 2.38. The minimum Gasteiger partial charge on any atom is -0.454 e. The van der Waals surface area contributed by atoms with Gasteiger partial charge in [0.25, 0.3) is 0 Å². The van der Waals surface area contributed by atoms with Crippen molar-refractivity contribution in [3.8, 4) is 11.5 Å². The molecule has 0 fully saturated rings. The number of benzene rings is 1. The van der Waals surface area contributed by atoms with Crippen molar-refractivity contribution in [3.63, 3.8) is 0 Å². The molecule has 15 heavy (non-hydrogen) atoms. The fraction of sp³-hybridized carbons (Fsp3) is 0.300. The zero-order valence-electron chi connectivity index (χ0n) is 8.16. The van der Waals surface area contributed by atoms with Crippen LogP contribution in [0.1, 0.15) is 5.56 Å². The highest BCUT2D eigenvalue weighted by Crippen LogP contribution is 2.32. The van der Waals surface area contributed by atoms with Gasteiger partial charge in [0.2, 0.25) is 6.79 Å². The van der Waals surface area contributed by atoms with Gasteiger partial charge in [0.1, 0.15) is 12.4 Å². The summed E-state index contributed by atoms with van der Waals surface area (Å²) in [5, 5.41) is 6.99. The van der Waals surface area contributed by atoms with Crippen LogP contribution in [-0.2, 0) is 11.3 Å². The lowest BCUT2D eigenvalue weighted by atomic mass is 10.2. The van der Waals surface area contributed by atoms with E-state index in [0.717, 1.165) is 17.1 Å². The first-order chi connectivity index (χ1) is 7.25. The highest BCUT2D eigenvalue weighted by Gasteiger charge is 2.12. The largest absolute Gasteiger partial charge is 0.454 e. The number of rotatable bonds is 4. The van der Waals surface area contributed by atoms with Gasteiger partial charge in [-0.05, 0) is 17.7 Å². The predicted octanol–water partition coefficient (Wildman–Crippen LogP) is 0.868. The van der Waals surface area contributed by atoms with Gasteiger partial charge in [-0.1, -0.05) is 6.07 Å². The van der Waals surface area contributed by atoms with Gasteiger partial charge in [-0.3, -0.25) is 5.41 Å². The topological polar surface area (TPSA) is 77.6 Å². The van der Waals surface area contributed by atoms with Crippen LogP contribution in [-0.4, -0.2) is 19.2 Å². The summed E-state index contributed by atoms with van der Waals surface area (Å²) in [5.74, 6) is 1.51. The molecular weight excluding hydrogens is 196 g/mol. The quantitative estimate of drug-likeness (QED) is 0.568. The van der Waals surface area contributed by atoms with E-state index in [1.54, 1.807) is 0 Å². The van der Waals surface area contributed by atoms with E-state index in [1.165, 1.54) is 0 Å². The first-order valence-electron chi connectivity index (χ1n) is 4.55. The van der Waals surface area contributed by atoms with Crippen LogP contribution in [0.3, 0.4) is 0 Å². The Labute approximate surface area is 87.3 Å². The molecule has 0 aromatic heterocycles. The molecule has 3 N–H and O–H groups in total. The van der Waals surface area contributed by atoms with Gasteiger partial charge in [-0.15, -0.1) is 0 Å². The van der Waals surface area contributed by atoms with Gasteiger partial charge in [-0.2, -0.15) is 0 Å². The SMILES string of the molecule is N=C(N)COCc1ccc2c(c1)OCO2. The second kappa shape index (κ2) is 4.18. The van der Waals surface area contributed by atoms with Crippen LogP contribution in [0.4, 0.5) is 0 Å². The molecule has 80 valence electrons. The summed E-state index contributed by atoms with van der Waals surface area (Å²) < 4.78 is 15.6. The summed E-state index contributed by atoms with van der Waals surface area (Å²) >= 11 is 0. The molecule has 0 bridgehead atoms. The lowest BCUT2D eigenvalue weighted by molar-refractivity contribution is 0.156. The molecule has 0 amide bonds. The molecule has 5 heteroatoms. The van der Waals surface area contributed by atoms with Crippen molar-refractivity contribution in [2.24, 2.45) is 5.73 Å². The molecule has 1 heterocycles. The van der Waals surface area contributed by atoms with Crippen molar-refractivity contribution in [3.05, 3.63) is 23.8 Å². The molecular formula is C10H12N2O3. The molecule has 1 aliphatic heterocycles. The maximum Gasteiger partial charge on any atom is 0.231 e. The fourth-order valence-electron chi connectivity index (χ4n) is 1.31. The number of nitrogens with two attached hydrogens (primary N) is 1. The Bertz CT molecular complexity index is 379. The summed E-state index contributed by atoms with van der Waals surface area (Å²) in [4.78, 5) is 0. The van der Waals surface area contributed by atoms with Gasteiger partial charge in [0.15, 0.2) is 11.5 Å². The van der Waals surface area contributed by atoms with E-state index < -0.39 is 0 Å². The molecule has 1 aromatic carbocycles. The Morgan fingerprint density at radius 2 is 2.20 bits per heavy atom. The number of ether oxygens (including phenoxy) is 3. The van der Waals surface area contributed by atoms with Crippen molar-refractivity contribution in [2.45, 2.75) is 6.61 Å². The number of hydrogen-bond donors (Lipinski definition) is 2. The number of fused-ring (bicyclic) bond motifs is 1. The van der Waals surface area contributed by atoms with E-state index in [-0.39, 0.29) is 19.2 Å². The van der Waals surface area contributed by atoms with Crippen LogP contribution in [0.25, 0.3) is 0 Å². The van der Waals surface area contributed by atoms with Crippen LogP contribution in [0.5, 0.6) is 11.5 Å². The molecule has 0 unspecified atom stereocenters. The van der Waals surface area contributed by atoms with Gasteiger partial charge >= 0.3 is 0 Å². The van der Waals surface area contributed by atoms with Crippen molar-refractivity contribution in [2.75, 3.05) is 13.4 Å². The summed E-state index contributed by atoms with van der Waals surface area (Å²) in [6.07, 6.45) is 0. The predicted molar refractivity (Wildman–Crippen MR) is 54.1 cm³/mol. The molecule has 0 saturated heterocycles. The number of hydrogen-bond acceptors (Lipinski definition) is 4. The first kappa shape index (κ1) is 9.79. The average molecular weight is 208 g/mol. The van der Waals surface area contributed by atoms with Crippen LogP contribution in [0, 0.1) is 5.41 Å². The lowest BCUT2D eigenvalue weighted by Crippen LogP contribution is -2.16. The zero-order valence-corrected chi connectivity index (χ0v) is 8.16. The molecule has 0 atom stereocenters. The molecule has 0 saturated carbocycles. The highest BCUT2D eigenvalue weighted by molar-refractivity contribution is 5.78.